The van der Waals surface area contributed by atoms with Gasteiger partial charge in [-0.3, -0.25) is 4.99 Å². The molecule has 0 radical (unpaired) electrons. The number of thioether (sulfide) groups is 1. The summed E-state index contributed by atoms with van der Waals surface area (Å²) in [4.78, 5) is 4.42. The van der Waals surface area contributed by atoms with E-state index in [0.29, 0.717) is 10.2 Å². The van der Waals surface area contributed by atoms with E-state index in [-0.39, 0.29) is 24.0 Å². The van der Waals surface area contributed by atoms with E-state index in [1.165, 1.54) is 32.1 Å². The summed E-state index contributed by atoms with van der Waals surface area (Å²) in [5, 5.41) is 7.14. The number of nitrogens with one attached hydrogen (secondary N) is 2. The Morgan fingerprint density at radius 1 is 1.09 bits per heavy atom. The molecule has 0 bridgehead atoms. The second-order valence-corrected chi connectivity index (χ2v) is 8.11. The van der Waals surface area contributed by atoms with E-state index in [1.54, 1.807) is 0 Å². The highest BCUT2D eigenvalue weighted by atomic mass is 127. The van der Waals surface area contributed by atoms with E-state index >= 15 is 0 Å². The lowest BCUT2D eigenvalue weighted by Gasteiger charge is -2.36. The lowest BCUT2D eigenvalue weighted by molar-refractivity contribution is 0.0782. The highest BCUT2D eigenvalue weighted by Gasteiger charge is 2.33. The first kappa shape index (κ1) is 21.4. The van der Waals surface area contributed by atoms with E-state index in [0.717, 1.165) is 45.1 Å². The maximum absolute atomic E-state index is 5.52. The molecule has 0 amide bonds. The second-order valence-electron chi connectivity index (χ2n) is 6.84. The number of nitrogens with zero attached hydrogens (tertiary/aromatic N) is 1. The van der Waals surface area contributed by atoms with Crippen molar-refractivity contribution in [2.45, 2.75) is 56.6 Å². The molecular weight excluding hydrogens is 421 g/mol. The van der Waals surface area contributed by atoms with Crippen molar-refractivity contribution >= 4 is 41.7 Å². The number of hydrogen-bond acceptors (Lipinski definition) is 3. The zero-order chi connectivity index (χ0) is 15.9. The highest BCUT2D eigenvalue weighted by Crippen LogP contribution is 2.40. The molecule has 1 saturated carbocycles. The molecule has 2 N–H and O–H groups in total. The molecule has 2 rings (SSSR count). The quantitative estimate of drug-likeness (QED) is 0.365. The van der Waals surface area contributed by atoms with Gasteiger partial charge < -0.3 is 15.4 Å². The minimum absolute atomic E-state index is 0. The molecule has 0 spiro atoms. The molecule has 1 saturated heterocycles. The van der Waals surface area contributed by atoms with Crippen LogP contribution < -0.4 is 10.6 Å². The van der Waals surface area contributed by atoms with Gasteiger partial charge in [-0.25, -0.2) is 0 Å². The fraction of sp³-hybridized carbons (Fsp3) is 0.941. The van der Waals surface area contributed by atoms with Gasteiger partial charge >= 0.3 is 0 Å². The molecular formula is C17H34IN3OS. The third-order valence-electron chi connectivity index (χ3n) is 5.68. The summed E-state index contributed by atoms with van der Waals surface area (Å²) >= 11 is 1.97. The Hall–Kier alpha value is 0.310. The summed E-state index contributed by atoms with van der Waals surface area (Å²) < 4.78 is 5.81. The van der Waals surface area contributed by atoms with Gasteiger partial charge in [0.25, 0.3) is 0 Å². The number of guanidine groups is 1. The van der Waals surface area contributed by atoms with Crippen molar-refractivity contribution in [3.05, 3.63) is 0 Å². The van der Waals surface area contributed by atoms with E-state index in [9.17, 15) is 0 Å². The summed E-state index contributed by atoms with van der Waals surface area (Å²) in [5.74, 6) is 0.958. The third kappa shape index (κ3) is 5.96. The molecule has 0 unspecified atom stereocenters. The van der Waals surface area contributed by atoms with Gasteiger partial charge in [0.05, 0.1) is 0 Å². The average Bonchev–Trinajstić information content (AvgIpc) is 3.05. The number of aliphatic imine (C=N–C) groups is 1. The van der Waals surface area contributed by atoms with Crippen LogP contribution in [0.1, 0.15) is 51.9 Å². The molecule has 2 fully saturated rings. The predicted molar refractivity (Wildman–Crippen MR) is 112 cm³/mol. The molecule has 0 aromatic rings. The van der Waals surface area contributed by atoms with Crippen LogP contribution >= 0.6 is 35.7 Å². The summed E-state index contributed by atoms with van der Waals surface area (Å²) in [6, 6.07) is 0. The fourth-order valence-corrected chi connectivity index (χ4v) is 4.50. The number of ether oxygens (including phenoxy) is 1. The van der Waals surface area contributed by atoms with E-state index in [4.69, 9.17) is 4.74 Å². The molecule has 1 aliphatic carbocycles. The van der Waals surface area contributed by atoms with Crippen LogP contribution in [0.3, 0.4) is 0 Å². The zero-order valence-corrected chi connectivity index (χ0v) is 18.1. The summed E-state index contributed by atoms with van der Waals surface area (Å²) in [5.41, 5.74) is 0.494. The van der Waals surface area contributed by atoms with Crippen molar-refractivity contribution in [2.75, 3.05) is 39.6 Å². The first-order chi connectivity index (χ1) is 10.7. The van der Waals surface area contributed by atoms with E-state index in [2.05, 4.69) is 28.8 Å². The van der Waals surface area contributed by atoms with Crippen LogP contribution in [0.2, 0.25) is 0 Å². The molecule has 136 valence electrons. The van der Waals surface area contributed by atoms with Gasteiger partial charge in [0, 0.05) is 38.1 Å². The summed E-state index contributed by atoms with van der Waals surface area (Å²) in [6.07, 6.45) is 11.2. The average molecular weight is 455 g/mol. The molecule has 0 aromatic heterocycles. The van der Waals surface area contributed by atoms with Crippen LogP contribution in [0.4, 0.5) is 0 Å². The second kappa shape index (κ2) is 10.3. The van der Waals surface area contributed by atoms with Gasteiger partial charge in [-0.15, -0.1) is 24.0 Å². The van der Waals surface area contributed by atoms with Crippen LogP contribution in [-0.4, -0.2) is 50.3 Å². The van der Waals surface area contributed by atoms with Crippen LogP contribution in [0.25, 0.3) is 0 Å². The van der Waals surface area contributed by atoms with Crippen molar-refractivity contribution in [3.63, 3.8) is 0 Å². The van der Waals surface area contributed by atoms with E-state index in [1.807, 2.05) is 18.8 Å². The summed E-state index contributed by atoms with van der Waals surface area (Å²) in [7, 11) is 1.87. The first-order valence-corrected chi connectivity index (χ1v) is 9.97. The SMILES string of the molecule is CCC1(CNC(=NC)NCC2(SC)CCOCC2)CCCC1.I. The van der Waals surface area contributed by atoms with Gasteiger partial charge in [0.1, 0.15) is 0 Å². The number of hydrogen-bond donors (Lipinski definition) is 2. The highest BCUT2D eigenvalue weighted by molar-refractivity contribution is 14.0. The lowest BCUT2D eigenvalue weighted by atomic mass is 9.83. The fourth-order valence-electron chi connectivity index (χ4n) is 3.71. The third-order valence-corrected chi connectivity index (χ3v) is 7.10. The van der Waals surface area contributed by atoms with Crippen molar-refractivity contribution in [1.82, 2.24) is 10.6 Å². The molecule has 1 aliphatic heterocycles. The molecule has 1 heterocycles. The van der Waals surface area contributed by atoms with Crippen LogP contribution in [0.5, 0.6) is 0 Å². The zero-order valence-electron chi connectivity index (χ0n) is 15.0. The maximum atomic E-state index is 5.52. The topological polar surface area (TPSA) is 45.7 Å². The molecule has 0 aromatic carbocycles. The Morgan fingerprint density at radius 3 is 2.22 bits per heavy atom. The largest absolute Gasteiger partial charge is 0.381 e. The molecule has 2 aliphatic rings. The van der Waals surface area contributed by atoms with Gasteiger partial charge in [-0.05, 0) is 43.8 Å². The van der Waals surface area contributed by atoms with Crippen molar-refractivity contribution in [2.24, 2.45) is 10.4 Å². The standard InChI is InChI=1S/C17H33N3OS.HI/c1-4-16(7-5-6-8-16)13-19-15(18-2)20-14-17(22-3)9-11-21-12-10-17;/h4-14H2,1-3H3,(H2,18,19,20);1H. The Morgan fingerprint density at radius 2 is 1.70 bits per heavy atom. The Balaban J connectivity index is 0.00000264. The van der Waals surface area contributed by atoms with Gasteiger partial charge in [0.15, 0.2) is 5.96 Å². The van der Waals surface area contributed by atoms with E-state index < -0.39 is 0 Å². The van der Waals surface area contributed by atoms with Crippen molar-refractivity contribution < 1.29 is 4.74 Å². The maximum Gasteiger partial charge on any atom is 0.191 e. The van der Waals surface area contributed by atoms with Gasteiger partial charge in [-0.1, -0.05) is 19.8 Å². The van der Waals surface area contributed by atoms with Crippen molar-refractivity contribution in [3.8, 4) is 0 Å². The smallest absolute Gasteiger partial charge is 0.191 e. The van der Waals surface area contributed by atoms with Crippen LogP contribution in [0.15, 0.2) is 4.99 Å². The monoisotopic (exact) mass is 455 g/mol. The summed E-state index contributed by atoms with van der Waals surface area (Å²) in [6.45, 7) is 6.11. The molecule has 23 heavy (non-hydrogen) atoms. The van der Waals surface area contributed by atoms with Crippen LogP contribution in [-0.2, 0) is 4.74 Å². The van der Waals surface area contributed by atoms with Crippen molar-refractivity contribution in [1.29, 1.82) is 0 Å². The predicted octanol–water partition coefficient (Wildman–Crippen LogP) is 3.65. The van der Waals surface area contributed by atoms with Crippen LogP contribution in [0, 0.1) is 5.41 Å². The number of halogens is 1. The minimum Gasteiger partial charge on any atom is -0.381 e. The lowest BCUT2D eigenvalue weighted by Crippen LogP contribution is -2.49. The van der Waals surface area contributed by atoms with Gasteiger partial charge in [-0.2, -0.15) is 11.8 Å². The Kier molecular flexibility index (Phi) is 9.59. The Bertz CT molecular complexity index is 367. The molecule has 6 heteroatoms. The normalized spacial score (nSPS) is 23.2. The Labute approximate surface area is 163 Å². The molecule has 0 atom stereocenters. The number of rotatable bonds is 6. The van der Waals surface area contributed by atoms with Gasteiger partial charge in [0.2, 0.25) is 0 Å². The first-order valence-electron chi connectivity index (χ1n) is 8.75. The minimum atomic E-state index is 0. The molecule has 4 nitrogen and oxygen atoms in total.